The number of rotatable bonds is 3. The van der Waals surface area contributed by atoms with E-state index in [-0.39, 0.29) is 5.91 Å². The third kappa shape index (κ3) is 2.97. The van der Waals surface area contributed by atoms with Crippen LogP contribution in [-0.4, -0.2) is 13.0 Å². The molecule has 0 aromatic heterocycles. The predicted octanol–water partition coefficient (Wildman–Crippen LogP) is 3.24. The van der Waals surface area contributed by atoms with Gasteiger partial charge in [-0.3, -0.25) is 4.79 Å². The summed E-state index contributed by atoms with van der Waals surface area (Å²) >= 11 is 9.13. The van der Waals surface area contributed by atoms with Crippen LogP contribution in [0.2, 0.25) is 5.02 Å². The van der Waals surface area contributed by atoms with Crippen molar-refractivity contribution in [2.75, 3.05) is 12.4 Å². The van der Waals surface area contributed by atoms with Crippen LogP contribution in [0, 0.1) is 0 Å². The molecule has 0 saturated heterocycles. The second-order valence-electron chi connectivity index (χ2n) is 2.66. The number of ether oxygens (including phenoxy) is 1. The lowest BCUT2D eigenvalue weighted by molar-refractivity contribution is -0.111. The Kier molecular flexibility index (Phi) is 4.17. The maximum Gasteiger partial charge on any atom is 0.247 e. The van der Waals surface area contributed by atoms with Crippen molar-refractivity contribution >= 4 is 39.1 Å². The molecule has 1 rings (SSSR count). The molecule has 0 radical (unpaired) electrons. The summed E-state index contributed by atoms with van der Waals surface area (Å²) in [7, 11) is 1.51. The van der Waals surface area contributed by atoms with Gasteiger partial charge in [-0.15, -0.1) is 0 Å². The summed E-state index contributed by atoms with van der Waals surface area (Å²) < 4.78 is 5.80. The first-order valence-corrected chi connectivity index (χ1v) is 5.22. The number of methoxy groups -OCH3 is 1. The van der Waals surface area contributed by atoms with Gasteiger partial charge in [-0.25, -0.2) is 0 Å². The zero-order chi connectivity index (χ0) is 11.4. The molecule has 0 saturated carbocycles. The molecule has 1 aromatic rings. The molecular formula is C10H9BrClNO2. The summed E-state index contributed by atoms with van der Waals surface area (Å²) in [5.41, 5.74) is 0.502. The largest absolute Gasteiger partial charge is 0.493 e. The summed E-state index contributed by atoms with van der Waals surface area (Å²) in [6.07, 6.45) is 1.17. The van der Waals surface area contributed by atoms with E-state index in [2.05, 4.69) is 27.8 Å². The smallest absolute Gasteiger partial charge is 0.247 e. The third-order valence-corrected chi connectivity index (χ3v) is 2.46. The van der Waals surface area contributed by atoms with Gasteiger partial charge in [-0.2, -0.15) is 0 Å². The fourth-order valence-corrected chi connectivity index (χ4v) is 2.02. The number of carbonyl (C=O) groups is 1. The van der Waals surface area contributed by atoms with Crippen LogP contribution in [0.15, 0.2) is 29.3 Å². The van der Waals surface area contributed by atoms with E-state index in [9.17, 15) is 4.79 Å². The molecule has 0 aliphatic carbocycles. The maximum absolute atomic E-state index is 11.1. The number of nitrogens with one attached hydrogen (secondary N) is 1. The highest BCUT2D eigenvalue weighted by Gasteiger charge is 2.10. The summed E-state index contributed by atoms with van der Waals surface area (Å²) in [6.45, 7) is 3.36. The van der Waals surface area contributed by atoms with Crippen LogP contribution in [0.5, 0.6) is 5.75 Å². The van der Waals surface area contributed by atoms with Crippen LogP contribution in [0.25, 0.3) is 0 Å². The van der Waals surface area contributed by atoms with E-state index in [0.29, 0.717) is 20.9 Å². The van der Waals surface area contributed by atoms with Gasteiger partial charge in [0.15, 0.2) is 5.75 Å². The highest BCUT2D eigenvalue weighted by molar-refractivity contribution is 9.10. The molecule has 5 heteroatoms. The normalized spacial score (nSPS) is 9.53. The van der Waals surface area contributed by atoms with E-state index in [4.69, 9.17) is 16.3 Å². The Morgan fingerprint density at radius 3 is 2.87 bits per heavy atom. The van der Waals surface area contributed by atoms with Crippen LogP contribution in [0.4, 0.5) is 5.69 Å². The number of amides is 1. The predicted molar refractivity (Wildman–Crippen MR) is 64.5 cm³/mol. The quantitative estimate of drug-likeness (QED) is 0.868. The van der Waals surface area contributed by atoms with Crippen LogP contribution < -0.4 is 10.1 Å². The first kappa shape index (κ1) is 12.1. The van der Waals surface area contributed by atoms with E-state index < -0.39 is 0 Å². The summed E-state index contributed by atoms with van der Waals surface area (Å²) in [5.74, 6) is 0.206. The molecular weight excluding hydrogens is 281 g/mol. The Morgan fingerprint density at radius 1 is 1.67 bits per heavy atom. The highest BCUT2D eigenvalue weighted by Crippen LogP contribution is 2.36. The zero-order valence-electron chi connectivity index (χ0n) is 8.01. The summed E-state index contributed by atoms with van der Waals surface area (Å²) in [6, 6.07) is 3.29. The SMILES string of the molecule is C=CC(=O)Nc1cc(Cl)cc(Br)c1OC. The number of halogens is 2. The van der Waals surface area contributed by atoms with Crippen molar-refractivity contribution in [2.24, 2.45) is 0 Å². The lowest BCUT2D eigenvalue weighted by Crippen LogP contribution is -2.08. The van der Waals surface area contributed by atoms with Gasteiger partial charge in [0, 0.05) is 5.02 Å². The maximum atomic E-state index is 11.1. The van der Waals surface area contributed by atoms with Crippen molar-refractivity contribution in [3.63, 3.8) is 0 Å². The summed E-state index contributed by atoms with van der Waals surface area (Å²) in [5, 5.41) is 3.10. The fourth-order valence-electron chi connectivity index (χ4n) is 1.04. The molecule has 0 spiro atoms. The van der Waals surface area contributed by atoms with Gasteiger partial charge >= 0.3 is 0 Å². The van der Waals surface area contributed by atoms with Crippen LogP contribution >= 0.6 is 27.5 Å². The van der Waals surface area contributed by atoms with Gasteiger partial charge in [0.2, 0.25) is 5.91 Å². The van der Waals surface area contributed by atoms with Gasteiger partial charge in [-0.1, -0.05) is 18.2 Å². The number of benzene rings is 1. The van der Waals surface area contributed by atoms with E-state index in [0.717, 1.165) is 0 Å². The number of carbonyl (C=O) groups excluding carboxylic acids is 1. The minimum absolute atomic E-state index is 0.317. The van der Waals surface area contributed by atoms with Crippen molar-refractivity contribution in [3.05, 3.63) is 34.3 Å². The van der Waals surface area contributed by atoms with Crippen molar-refractivity contribution in [1.82, 2.24) is 0 Å². The monoisotopic (exact) mass is 289 g/mol. The average molecular weight is 291 g/mol. The molecule has 0 unspecified atom stereocenters. The van der Waals surface area contributed by atoms with E-state index in [1.54, 1.807) is 12.1 Å². The Bertz CT molecular complexity index is 407. The lowest BCUT2D eigenvalue weighted by Gasteiger charge is -2.11. The lowest BCUT2D eigenvalue weighted by atomic mass is 10.3. The minimum Gasteiger partial charge on any atom is -0.493 e. The van der Waals surface area contributed by atoms with Gasteiger partial charge < -0.3 is 10.1 Å². The van der Waals surface area contributed by atoms with Crippen LogP contribution in [0.3, 0.4) is 0 Å². The molecule has 0 bridgehead atoms. The Hall–Kier alpha value is -1.00. The molecule has 0 heterocycles. The second kappa shape index (κ2) is 5.19. The van der Waals surface area contributed by atoms with Crippen LogP contribution in [0.1, 0.15) is 0 Å². The van der Waals surface area contributed by atoms with Crippen LogP contribution in [-0.2, 0) is 4.79 Å². The molecule has 3 nitrogen and oxygen atoms in total. The van der Waals surface area contributed by atoms with E-state index in [1.165, 1.54) is 13.2 Å². The Labute approximate surface area is 101 Å². The van der Waals surface area contributed by atoms with Crippen molar-refractivity contribution in [1.29, 1.82) is 0 Å². The van der Waals surface area contributed by atoms with Gasteiger partial charge in [0.25, 0.3) is 0 Å². The first-order valence-electron chi connectivity index (χ1n) is 4.05. The standard InChI is InChI=1S/C10H9BrClNO2/c1-3-9(14)13-8-5-6(12)4-7(11)10(8)15-2/h3-5H,1H2,2H3,(H,13,14). The van der Waals surface area contributed by atoms with Crippen molar-refractivity contribution in [3.8, 4) is 5.75 Å². The molecule has 0 aliphatic rings. The Balaban J connectivity index is 3.14. The van der Waals surface area contributed by atoms with Gasteiger partial charge in [0.1, 0.15) is 0 Å². The fraction of sp³-hybridized carbons (Fsp3) is 0.100. The minimum atomic E-state index is -0.317. The first-order chi connectivity index (χ1) is 7.08. The average Bonchev–Trinajstić information content (AvgIpc) is 2.17. The number of hydrogen-bond acceptors (Lipinski definition) is 2. The molecule has 15 heavy (non-hydrogen) atoms. The molecule has 1 N–H and O–H groups in total. The van der Waals surface area contributed by atoms with E-state index in [1.807, 2.05) is 0 Å². The third-order valence-electron chi connectivity index (χ3n) is 1.66. The Morgan fingerprint density at radius 2 is 2.33 bits per heavy atom. The number of anilines is 1. The molecule has 1 amide bonds. The summed E-state index contributed by atoms with van der Waals surface area (Å²) in [4.78, 5) is 11.1. The zero-order valence-corrected chi connectivity index (χ0v) is 10.4. The topological polar surface area (TPSA) is 38.3 Å². The number of hydrogen-bond donors (Lipinski definition) is 1. The van der Waals surface area contributed by atoms with Gasteiger partial charge in [0.05, 0.1) is 17.3 Å². The molecule has 0 atom stereocenters. The van der Waals surface area contributed by atoms with Crippen molar-refractivity contribution in [2.45, 2.75) is 0 Å². The van der Waals surface area contributed by atoms with E-state index >= 15 is 0 Å². The molecule has 80 valence electrons. The van der Waals surface area contributed by atoms with Gasteiger partial charge in [-0.05, 0) is 34.1 Å². The molecule has 1 aromatic carbocycles. The highest BCUT2D eigenvalue weighted by atomic mass is 79.9. The second-order valence-corrected chi connectivity index (χ2v) is 3.95. The van der Waals surface area contributed by atoms with Crippen molar-refractivity contribution < 1.29 is 9.53 Å². The molecule has 0 fully saturated rings. The molecule has 0 aliphatic heterocycles.